The minimum atomic E-state index is -0.570. The van der Waals surface area contributed by atoms with Crippen LogP contribution in [-0.4, -0.2) is 92.0 Å². The fraction of sp³-hybridized carbons (Fsp3) is 0.279. The van der Waals surface area contributed by atoms with Gasteiger partial charge < -0.3 is 53.1 Å². The summed E-state index contributed by atoms with van der Waals surface area (Å²) in [6.45, 7) is 0.766. The first-order valence-corrected chi connectivity index (χ1v) is 19.8. The smallest absolute Gasteiger partial charge is 0.411 e. The van der Waals surface area contributed by atoms with E-state index in [2.05, 4.69) is 14.1 Å². The van der Waals surface area contributed by atoms with Crippen LogP contribution in [0, 0.1) is 0 Å². The number of nitrogens with zero attached hydrogens (tertiary/aromatic N) is 2. The largest absolute Gasteiger partial charge is 0.495 e. The van der Waals surface area contributed by atoms with Crippen LogP contribution in [-0.2, 0) is 9.47 Å². The van der Waals surface area contributed by atoms with Crippen molar-refractivity contribution in [2.45, 2.75) is 6.42 Å². The third-order valence-corrected chi connectivity index (χ3v) is 10.7. The molecule has 0 atom stereocenters. The standard InChI is InChI=1S/C24H28N2O7S.C19H20N2O4S.ClH/c1-28-9-6-10-33-24(27)26-18-11-15(7-8-19(18)29-2)17-14-25-34-23(17)16-12-20(30-3)22(32-5)21(13-16)31-4;1-22-15-6-5-11(7-14(15)20)13-10-21-26-19(13)12-8-16(23-2)18(25-4)17(9-12)24-3;/h7-8,11-14H,6,9-10H2,1-5H3,(H,26,27);5-10H,20H2,1-4H3;1H. The second kappa shape index (κ2) is 23.0. The Morgan fingerprint density at radius 1 is 0.557 bits per heavy atom. The maximum absolute atomic E-state index is 12.3. The van der Waals surface area contributed by atoms with Crippen molar-refractivity contribution in [1.29, 1.82) is 0 Å². The Labute approximate surface area is 369 Å². The van der Waals surface area contributed by atoms with Gasteiger partial charge in [-0.25, -0.2) is 4.79 Å². The van der Waals surface area contributed by atoms with E-state index in [1.807, 2.05) is 60.8 Å². The Balaban J connectivity index is 0.000000273. The lowest BCUT2D eigenvalue weighted by atomic mass is 10.0. The molecule has 326 valence electrons. The van der Waals surface area contributed by atoms with Gasteiger partial charge in [0.25, 0.3) is 0 Å². The molecule has 6 aromatic rings. The summed E-state index contributed by atoms with van der Waals surface area (Å²) in [5.74, 6) is 4.50. The summed E-state index contributed by atoms with van der Waals surface area (Å²) in [6, 6.07) is 18.8. The van der Waals surface area contributed by atoms with Crippen LogP contribution in [0.2, 0.25) is 0 Å². The molecule has 0 aliphatic heterocycles. The Morgan fingerprint density at radius 3 is 1.41 bits per heavy atom. The summed E-state index contributed by atoms with van der Waals surface area (Å²) in [5.41, 5.74) is 12.5. The summed E-state index contributed by atoms with van der Waals surface area (Å²) in [4.78, 5) is 14.1. The van der Waals surface area contributed by atoms with Crippen LogP contribution in [0.3, 0.4) is 0 Å². The summed E-state index contributed by atoms with van der Waals surface area (Å²) < 4.78 is 62.3. The van der Waals surface area contributed by atoms with Crippen LogP contribution in [0.4, 0.5) is 16.2 Å². The number of carbonyl (C=O) groups excluding carboxylic acids is 1. The van der Waals surface area contributed by atoms with E-state index in [4.69, 9.17) is 53.1 Å². The van der Waals surface area contributed by atoms with Gasteiger partial charge in [0.2, 0.25) is 11.5 Å². The molecule has 0 unspecified atom stereocenters. The third kappa shape index (κ3) is 11.2. The number of nitrogen functional groups attached to an aromatic ring is 1. The Bertz CT molecular complexity index is 2320. The molecule has 0 saturated heterocycles. The van der Waals surface area contributed by atoms with Crippen LogP contribution in [0.1, 0.15) is 6.42 Å². The summed E-state index contributed by atoms with van der Waals surface area (Å²) in [5, 5.41) is 2.75. The average molecular weight is 897 g/mol. The molecule has 0 fully saturated rings. The molecule has 0 bridgehead atoms. The first-order valence-electron chi connectivity index (χ1n) is 18.2. The number of hydrogen-bond donors (Lipinski definition) is 2. The van der Waals surface area contributed by atoms with E-state index in [9.17, 15) is 4.79 Å². The molecule has 4 aromatic carbocycles. The van der Waals surface area contributed by atoms with E-state index in [-0.39, 0.29) is 19.0 Å². The van der Waals surface area contributed by atoms with Gasteiger partial charge in [0.15, 0.2) is 23.0 Å². The fourth-order valence-electron chi connectivity index (χ4n) is 6.12. The molecule has 2 aromatic heterocycles. The molecule has 15 nitrogen and oxygen atoms in total. The minimum Gasteiger partial charge on any atom is -0.495 e. The molecule has 61 heavy (non-hydrogen) atoms. The number of rotatable bonds is 17. The summed E-state index contributed by atoms with van der Waals surface area (Å²) in [7, 11) is 14.2. The second-order valence-electron chi connectivity index (χ2n) is 12.4. The molecule has 6 rings (SSSR count). The maximum atomic E-state index is 12.3. The Kier molecular flexibility index (Phi) is 17.9. The monoisotopic (exact) mass is 896 g/mol. The van der Waals surface area contributed by atoms with Crippen LogP contribution in [0.25, 0.3) is 43.1 Å². The van der Waals surface area contributed by atoms with Gasteiger partial charge >= 0.3 is 6.09 Å². The molecule has 18 heteroatoms. The normalized spacial score (nSPS) is 10.3. The lowest BCUT2D eigenvalue weighted by molar-refractivity contribution is 0.134. The van der Waals surface area contributed by atoms with Gasteiger partial charge in [0.1, 0.15) is 11.5 Å². The topological polar surface area (TPSA) is 173 Å². The van der Waals surface area contributed by atoms with Crippen LogP contribution in [0.5, 0.6) is 46.0 Å². The van der Waals surface area contributed by atoms with E-state index in [0.29, 0.717) is 70.4 Å². The Morgan fingerprint density at radius 2 is 1.00 bits per heavy atom. The lowest BCUT2D eigenvalue weighted by Gasteiger charge is -2.15. The zero-order chi connectivity index (χ0) is 43.2. The molecule has 0 saturated carbocycles. The van der Waals surface area contributed by atoms with E-state index < -0.39 is 6.09 Å². The van der Waals surface area contributed by atoms with Crippen molar-refractivity contribution in [3.63, 3.8) is 0 Å². The number of halogens is 1. The van der Waals surface area contributed by atoms with Crippen molar-refractivity contribution in [2.75, 3.05) is 88.3 Å². The number of aromatic nitrogens is 2. The van der Waals surface area contributed by atoms with Gasteiger partial charge in [0, 0.05) is 54.8 Å². The lowest BCUT2D eigenvalue weighted by Crippen LogP contribution is -2.15. The van der Waals surface area contributed by atoms with E-state index in [1.165, 1.54) is 30.2 Å². The van der Waals surface area contributed by atoms with Crippen molar-refractivity contribution >= 4 is 52.9 Å². The quantitative estimate of drug-likeness (QED) is 0.0654. The van der Waals surface area contributed by atoms with Crippen molar-refractivity contribution in [3.8, 4) is 89.1 Å². The van der Waals surface area contributed by atoms with Crippen molar-refractivity contribution < 1.29 is 52.2 Å². The number of anilines is 2. The maximum Gasteiger partial charge on any atom is 0.411 e. The fourth-order valence-corrected chi connectivity index (χ4v) is 7.63. The molecular weight excluding hydrogens is 848 g/mol. The molecule has 0 radical (unpaired) electrons. The number of benzene rings is 4. The number of ether oxygens (including phenoxy) is 10. The second-order valence-corrected chi connectivity index (χ2v) is 14.0. The molecule has 2 heterocycles. The molecule has 0 spiro atoms. The van der Waals surface area contributed by atoms with Crippen LogP contribution < -0.4 is 48.9 Å². The predicted molar refractivity (Wildman–Crippen MR) is 242 cm³/mol. The van der Waals surface area contributed by atoms with Crippen molar-refractivity contribution in [1.82, 2.24) is 8.75 Å². The van der Waals surface area contributed by atoms with Crippen LogP contribution >= 0.6 is 35.5 Å². The van der Waals surface area contributed by atoms with Crippen LogP contribution in [0.15, 0.2) is 73.1 Å². The molecule has 3 N–H and O–H groups in total. The van der Waals surface area contributed by atoms with Gasteiger partial charge in [-0.3, -0.25) is 5.32 Å². The van der Waals surface area contributed by atoms with Gasteiger partial charge in [-0.2, -0.15) is 8.75 Å². The SMILES string of the molecule is COCCCOC(=O)Nc1cc(-c2cnsc2-c2cc(OC)c(OC)c(OC)c2)ccc1OC.COc1ccc(-c2cnsc2-c2cc(OC)c(OC)c(OC)c2)cc1N.Cl. The number of nitrogens with two attached hydrogens (primary N) is 1. The summed E-state index contributed by atoms with van der Waals surface area (Å²) in [6.07, 6.45) is 3.64. The number of amides is 1. The number of hydrogen-bond acceptors (Lipinski definition) is 16. The average Bonchev–Trinajstić information content (AvgIpc) is 3.98. The highest BCUT2D eigenvalue weighted by molar-refractivity contribution is 7.10. The molecular formula is C43H49ClN4O11S2. The zero-order valence-corrected chi connectivity index (χ0v) is 37.7. The molecule has 1 amide bonds. The van der Waals surface area contributed by atoms with Gasteiger partial charge in [0.05, 0.1) is 84.6 Å². The van der Waals surface area contributed by atoms with Gasteiger partial charge in [-0.15, -0.1) is 12.4 Å². The van der Waals surface area contributed by atoms with E-state index >= 15 is 0 Å². The van der Waals surface area contributed by atoms with E-state index in [1.54, 1.807) is 69.1 Å². The van der Waals surface area contributed by atoms with Gasteiger partial charge in [-0.05, 0) is 82.7 Å². The number of methoxy groups -OCH3 is 9. The predicted octanol–water partition coefficient (Wildman–Crippen LogP) is 9.61. The molecule has 0 aliphatic carbocycles. The van der Waals surface area contributed by atoms with E-state index in [0.717, 1.165) is 43.1 Å². The third-order valence-electron chi connectivity index (χ3n) is 9.01. The first-order chi connectivity index (χ1) is 29.2. The minimum absolute atomic E-state index is 0. The highest BCUT2D eigenvalue weighted by Gasteiger charge is 2.21. The van der Waals surface area contributed by atoms with Gasteiger partial charge in [-0.1, -0.05) is 12.1 Å². The molecule has 0 aliphatic rings. The number of carbonyl (C=O) groups is 1. The summed E-state index contributed by atoms with van der Waals surface area (Å²) >= 11 is 2.73. The zero-order valence-electron chi connectivity index (χ0n) is 35.2. The Hall–Kier alpha value is -6.14. The highest BCUT2D eigenvalue weighted by atomic mass is 35.5. The first kappa shape index (κ1) is 47.5. The van der Waals surface area contributed by atoms with Crippen molar-refractivity contribution in [3.05, 3.63) is 73.1 Å². The van der Waals surface area contributed by atoms with Crippen molar-refractivity contribution in [2.24, 2.45) is 0 Å². The highest BCUT2D eigenvalue weighted by Crippen LogP contribution is 2.47. The number of nitrogens with one attached hydrogen (secondary N) is 1.